The molecule has 0 bridgehead atoms. The van der Waals surface area contributed by atoms with Gasteiger partial charge in [0.1, 0.15) is 11.5 Å². The standard InChI is InChI=1S/C11H4Cl2F6IN3/c12-4-2-1-3(10(14,15)16)5(13)7(4)23-9(21)6(20)8(22-23)11(17,18)19/h1-2H,21H2. The Hall–Kier alpha value is -0.880. The van der Waals surface area contributed by atoms with Crippen molar-refractivity contribution in [2.24, 2.45) is 0 Å². The predicted octanol–water partition coefficient (Wildman–Crippen LogP) is 5.40. The van der Waals surface area contributed by atoms with E-state index in [0.717, 1.165) is 6.07 Å². The molecule has 1 aromatic heterocycles. The zero-order valence-corrected chi connectivity index (χ0v) is 14.2. The van der Waals surface area contributed by atoms with Crippen molar-refractivity contribution < 1.29 is 26.3 Å². The summed E-state index contributed by atoms with van der Waals surface area (Å²) in [6, 6.07) is 1.47. The van der Waals surface area contributed by atoms with Crippen LogP contribution in [0.2, 0.25) is 10.0 Å². The van der Waals surface area contributed by atoms with Gasteiger partial charge < -0.3 is 5.73 Å². The molecule has 3 nitrogen and oxygen atoms in total. The lowest BCUT2D eigenvalue weighted by molar-refractivity contribution is -0.142. The van der Waals surface area contributed by atoms with Crippen LogP contribution >= 0.6 is 45.8 Å². The second kappa shape index (κ2) is 5.88. The monoisotopic (exact) mass is 489 g/mol. The largest absolute Gasteiger partial charge is 0.436 e. The number of hydrogen-bond acceptors (Lipinski definition) is 2. The quantitative estimate of drug-likeness (QED) is 0.430. The van der Waals surface area contributed by atoms with Gasteiger partial charge in [-0.1, -0.05) is 23.2 Å². The lowest BCUT2D eigenvalue weighted by Crippen LogP contribution is -2.11. The van der Waals surface area contributed by atoms with Gasteiger partial charge in [-0.05, 0) is 34.7 Å². The van der Waals surface area contributed by atoms with Crippen molar-refractivity contribution in [1.29, 1.82) is 0 Å². The number of anilines is 1. The number of nitrogens with zero attached hydrogens (tertiary/aromatic N) is 2. The number of hydrogen-bond donors (Lipinski definition) is 1. The molecule has 0 aliphatic rings. The summed E-state index contributed by atoms with van der Waals surface area (Å²) >= 11 is 12.7. The second-order valence-corrected chi connectivity index (χ2v) is 6.08. The molecule has 0 aliphatic carbocycles. The van der Waals surface area contributed by atoms with Crippen molar-refractivity contribution >= 4 is 51.6 Å². The fourth-order valence-corrected chi connectivity index (χ4v) is 3.00. The van der Waals surface area contributed by atoms with E-state index in [1.807, 2.05) is 0 Å². The maximum atomic E-state index is 12.9. The van der Waals surface area contributed by atoms with Gasteiger partial charge in [0, 0.05) is 0 Å². The van der Waals surface area contributed by atoms with Crippen molar-refractivity contribution in [3.63, 3.8) is 0 Å². The molecule has 2 N–H and O–H groups in total. The van der Waals surface area contributed by atoms with E-state index in [0.29, 0.717) is 10.7 Å². The van der Waals surface area contributed by atoms with Crippen molar-refractivity contribution in [2.45, 2.75) is 12.4 Å². The van der Waals surface area contributed by atoms with Gasteiger partial charge >= 0.3 is 12.4 Å². The van der Waals surface area contributed by atoms with Gasteiger partial charge in [-0.2, -0.15) is 31.4 Å². The Morgan fingerprint density at radius 3 is 2.04 bits per heavy atom. The smallest absolute Gasteiger partial charge is 0.383 e. The van der Waals surface area contributed by atoms with Gasteiger partial charge in [-0.15, -0.1) is 0 Å². The highest BCUT2D eigenvalue weighted by molar-refractivity contribution is 14.1. The lowest BCUT2D eigenvalue weighted by Gasteiger charge is -2.14. The van der Waals surface area contributed by atoms with Crippen LogP contribution in [0.5, 0.6) is 0 Å². The van der Waals surface area contributed by atoms with E-state index in [-0.39, 0.29) is 5.02 Å². The van der Waals surface area contributed by atoms with Gasteiger partial charge in [0.25, 0.3) is 0 Å². The third-order valence-corrected chi connectivity index (χ3v) is 4.46. The number of nitrogen functional groups attached to an aromatic ring is 1. The summed E-state index contributed by atoms with van der Waals surface area (Å²) in [5, 5.41) is 1.99. The van der Waals surface area contributed by atoms with Gasteiger partial charge in [0.2, 0.25) is 0 Å². The number of benzene rings is 1. The third kappa shape index (κ3) is 3.33. The van der Waals surface area contributed by atoms with Gasteiger partial charge in [-0.3, -0.25) is 0 Å². The summed E-state index contributed by atoms with van der Waals surface area (Å²) in [5.41, 5.74) is 2.33. The lowest BCUT2D eigenvalue weighted by atomic mass is 10.2. The number of alkyl halides is 6. The Balaban J connectivity index is 2.78. The van der Waals surface area contributed by atoms with Crippen LogP contribution in [0.1, 0.15) is 11.3 Å². The topological polar surface area (TPSA) is 43.8 Å². The summed E-state index contributed by atoms with van der Waals surface area (Å²) in [6.07, 6.45) is -9.66. The summed E-state index contributed by atoms with van der Waals surface area (Å²) < 4.78 is 77.2. The third-order valence-electron chi connectivity index (χ3n) is 2.71. The molecule has 0 unspecified atom stereocenters. The molecular weight excluding hydrogens is 486 g/mol. The predicted molar refractivity (Wildman–Crippen MR) is 80.7 cm³/mol. The number of halogens is 9. The first-order valence-electron chi connectivity index (χ1n) is 5.52. The van der Waals surface area contributed by atoms with Gasteiger partial charge in [0.15, 0.2) is 5.69 Å². The van der Waals surface area contributed by atoms with Crippen molar-refractivity contribution in [2.75, 3.05) is 5.73 Å². The van der Waals surface area contributed by atoms with Crippen molar-refractivity contribution in [3.05, 3.63) is 37.0 Å². The molecule has 1 heterocycles. The minimum atomic E-state index is -4.84. The van der Waals surface area contributed by atoms with E-state index in [2.05, 4.69) is 5.10 Å². The van der Waals surface area contributed by atoms with Crippen molar-refractivity contribution in [3.8, 4) is 5.69 Å². The van der Waals surface area contributed by atoms with Gasteiger partial charge in [0.05, 0.1) is 19.2 Å². The van der Waals surface area contributed by atoms with Crippen LogP contribution in [-0.2, 0) is 12.4 Å². The summed E-state index contributed by atoms with van der Waals surface area (Å²) in [4.78, 5) is 0. The molecule has 0 fully saturated rings. The zero-order chi connectivity index (χ0) is 17.7. The Bertz CT molecular complexity index is 769. The molecule has 0 atom stereocenters. The highest BCUT2D eigenvalue weighted by atomic mass is 127. The summed E-state index contributed by atoms with van der Waals surface area (Å²) in [6.45, 7) is 0. The molecule has 23 heavy (non-hydrogen) atoms. The van der Waals surface area contributed by atoms with E-state index >= 15 is 0 Å². The van der Waals surface area contributed by atoms with Crippen LogP contribution in [-0.4, -0.2) is 9.78 Å². The molecule has 1 aromatic carbocycles. The Morgan fingerprint density at radius 2 is 1.61 bits per heavy atom. The summed E-state index contributed by atoms with van der Waals surface area (Å²) in [7, 11) is 0. The molecule has 0 saturated carbocycles. The molecule has 0 amide bonds. The average Bonchev–Trinajstić information content (AvgIpc) is 2.65. The van der Waals surface area contributed by atoms with Crippen LogP contribution in [0, 0.1) is 3.57 Å². The minimum Gasteiger partial charge on any atom is -0.383 e. The number of rotatable bonds is 1. The highest BCUT2D eigenvalue weighted by Crippen LogP contribution is 2.42. The average molecular weight is 490 g/mol. The van der Waals surface area contributed by atoms with E-state index in [1.165, 1.54) is 22.6 Å². The van der Waals surface area contributed by atoms with Gasteiger partial charge in [-0.25, -0.2) is 4.68 Å². The molecule has 0 aliphatic heterocycles. The highest BCUT2D eigenvalue weighted by Gasteiger charge is 2.40. The van der Waals surface area contributed by atoms with Crippen molar-refractivity contribution in [1.82, 2.24) is 9.78 Å². The maximum Gasteiger partial charge on any atom is 0.436 e. The van der Waals surface area contributed by atoms with Crippen LogP contribution in [0.3, 0.4) is 0 Å². The second-order valence-electron chi connectivity index (χ2n) is 4.21. The first kappa shape index (κ1) is 18.5. The molecule has 0 spiro atoms. The number of aromatic nitrogens is 2. The van der Waals surface area contributed by atoms with Crippen LogP contribution in [0.25, 0.3) is 5.69 Å². The Morgan fingerprint density at radius 1 is 1.04 bits per heavy atom. The van der Waals surface area contributed by atoms with Crippen LogP contribution < -0.4 is 5.73 Å². The maximum absolute atomic E-state index is 12.9. The SMILES string of the molecule is Nc1c(I)c(C(F)(F)F)nn1-c1c(Cl)ccc(C(F)(F)F)c1Cl. The molecular formula is C11H4Cl2F6IN3. The fraction of sp³-hybridized carbons (Fsp3) is 0.182. The van der Waals surface area contributed by atoms with Crippen LogP contribution in [0.15, 0.2) is 12.1 Å². The Kier molecular flexibility index (Phi) is 4.72. The minimum absolute atomic E-state index is 0.331. The molecule has 126 valence electrons. The Labute approximate surface area is 148 Å². The summed E-state index contributed by atoms with van der Waals surface area (Å²) in [5.74, 6) is -0.527. The van der Waals surface area contributed by atoms with E-state index < -0.39 is 43.7 Å². The first-order valence-corrected chi connectivity index (χ1v) is 7.36. The number of nitrogens with two attached hydrogens (primary N) is 1. The van der Waals surface area contributed by atoms with E-state index in [9.17, 15) is 26.3 Å². The molecule has 0 radical (unpaired) electrons. The van der Waals surface area contributed by atoms with E-state index in [1.54, 1.807) is 0 Å². The van der Waals surface area contributed by atoms with Crippen LogP contribution in [0.4, 0.5) is 32.2 Å². The zero-order valence-electron chi connectivity index (χ0n) is 10.5. The molecule has 2 aromatic rings. The molecule has 0 saturated heterocycles. The molecule has 2 rings (SSSR count). The fourth-order valence-electron chi connectivity index (χ4n) is 1.72. The molecule has 12 heteroatoms. The first-order chi connectivity index (χ1) is 10.4. The normalized spacial score (nSPS) is 12.7. The van der Waals surface area contributed by atoms with E-state index in [4.69, 9.17) is 28.9 Å².